The third-order valence-corrected chi connectivity index (χ3v) is 6.82. The SMILES string of the molecule is COc1ccccc1Oc1ccc2c(c1)C(NC(=O)C1Cc3c(C)cc(O)cc3CCN1)CCN2. The number of para-hydroxylation sites is 2. The van der Waals surface area contributed by atoms with Gasteiger partial charge in [0.05, 0.1) is 19.2 Å². The fourth-order valence-electron chi connectivity index (χ4n) is 5.04. The van der Waals surface area contributed by atoms with E-state index in [9.17, 15) is 9.90 Å². The van der Waals surface area contributed by atoms with Crippen molar-refractivity contribution in [3.05, 3.63) is 76.9 Å². The molecule has 0 saturated carbocycles. The second kappa shape index (κ2) is 9.88. The predicted octanol–water partition coefficient (Wildman–Crippen LogP) is 4.23. The first kappa shape index (κ1) is 23.1. The molecule has 2 aliphatic heterocycles. The van der Waals surface area contributed by atoms with E-state index in [0.29, 0.717) is 30.2 Å². The van der Waals surface area contributed by atoms with Gasteiger partial charge >= 0.3 is 0 Å². The van der Waals surface area contributed by atoms with E-state index in [4.69, 9.17) is 9.47 Å². The Morgan fingerprint density at radius 2 is 1.91 bits per heavy atom. The lowest BCUT2D eigenvalue weighted by atomic mass is 9.94. The summed E-state index contributed by atoms with van der Waals surface area (Å²) in [5.41, 5.74) is 5.28. The Balaban J connectivity index is 1.34. The van der Waals surface area contributed by atoms with Crippen LogP contribution in [0.2, 0.25) is 0 Å². The molecule has 7 nitrogen and oxygen atoms in total. The first-order valence-electron chi connectivity index (χ1n) is 12.1. The van der Waals surface area contributed by atoms with Crippen LogP contribution in [0.1, 0.15) is 34.7 Å². The molecule has 5 rings (SSSR count). The predicted molar refractivity (Wildman–Crippen MR) is 136 cm³/mol. The van der Waals surface area contributed by atoms with Crippen molar-refractivity contribution in [2.24, 2.45) is 0 Å². The van der Waals surface area contributed by atoms with Gasteiger partial charge in [0.15, 0.2) is 11.5 Å². The van der Waals surface area contributed by atoms with Crippen molar-refractivity contribution in [3.8, 4) is 23.0 Å². The third kappa shape index (κ3) is 4.91. The normalized spacial score (nSPS) is 18.9. The number of nitrogens with one attached hydrogen (secondary N) is 3. The summed E-state index contributed by atoms with van der Waals surface area (Å²) in [6.45, 7) is 3.46. The van der Waals surface area contributed by atoms with E-state index in [1.807, 2.05) is 55.5 Å². The molecule has 0 spiro atoms. The van der Waals surface area contributed by atoms with Crippen LogP contribution >= 0.6 is 0 Å². The highest BCUT2D eigenvalue weighted by Crippen LogP contribution is 2.37. The van der Waals surface area contributed by atoms with Gasteiger partial charge < -0.3 is 30.5 Å². The number of amides is 1. The largest absolute Gasteiger partial charge is 0.508 e. The van der Waals surface area contributed by atoms with Gasteiger partial charge in [-0.2, -0.15) is 0 Å². The van der Waals surface area contributed by atoms with Crippen LogP contribution in [-0.2, 0) is 17.6 Å². The molecular formula is C28H31N3O4. The number of phenols is 1. The number of carbonyl (C=O) groups is 1. The van der Waals surface area contributed by atoms with Gasteiger partial charge in [-0.3, -0.25) is 4.79 Å². The van der Waals surface area contributed by atoms with Gasteiger partial charge in [0, 0.05) is 17.8 Å². The fraction of sp³-hybridized carbons (Fsp3) is 0.321. The molecule has 0 radical (unpaired) electrons. The number of hydrogen-bond acceptors (Lipinski definition) is 6. The molecule has 3 aromatic carbocycles. The minimum atomic E-state index is -0.328. The summed E-state index contributed by atoms with van der Waals surface area (Å²) in [6.07, 6.45) is 2.17. The molecule has 0 aromatic heterocycles. The van der Waals surface area contributed by atoms with E-state index in [1.54, 1.807) is 13.2 Å². The van der Waals surface area contributed by atoms with Crippen molar-refractivity contribution in [1.29, 1.82) is 0 Å². The number of hydrogen-bond donors (Lipinski definition) is 4. The molecule has 0 bridgehead atoms. The third-order valence-electron chi connectivity index (χ3n) is 6.82. The number of aromatic hydroxyl groups is 1. The number of aryl methyl sites for hydroxylation is 1. The maximum absolute atomic E-state index is 13.4. The summed E-state index contributed by atoms with van der Waals surface area (Å²) in [5.74, 6) is 2.26. The molecule has 7 heteroatoms. The number of anilines is 1. The van der Waals surface area contributed by atoms with Gasteiger partial charge in [-0.15, -0.1) is 0 Å². The monoisotopic (exact) mass is 473 g/mol. The zero-order valence-corrected chi connectivity index (χ0v) is 20.1. The van der Waals surface area contributed by atoms with Crippen LogP contribution in [0.3, 0.4) is 0 Å². The number of phenolic OH excluding ortho intramolecular Hbond substituents is 1. The van der Waals surface area contributed by atoms with Crippen molar-refractivity contribution in [3.63, 3.8) is 0 Å². The smallest absolute Gasteiger partial charge is 0.237 e. The molecule has 0 aliphatic carbocycles. The Kier molecular flexibility index (Phi) is 6.51. The molecule has 1 amide bonds. The second-order valence-corrected chi connectivity index (χ2v) is 9.14. The van der Waals surface area contributed by atoms with Crippen molar-refractivity contribution in [1.82, 2.24) is 10.6 Å². The highest BCUT2D eigenvalue weighted by molar-refractivity contribution is 5.83. The standard InChI is InChI=1S/C28H31N3O4/c1-17-13-19(32)14-18-9-11-30-25(16-21(17)18)28(33)31-24-10-12-29-23-8-7-20(15-22(23)24)35-27-6-4-3-5-26(27)34-2/h3-8,13-15,24-25,29-30,32H,9-12,16H2,1-2H3,(H,31,33). The second-order valence-electron chi connectivity index (χ2n) is 9.14. The molecule has 2 atom stereocenters. The molecule has 35 heavy (non-hydrogen) atoms. The quantitative estimate of drug-likeness (QED) is 0.443. The van der Waals surface area contributed by atoms with Crippen molar-refractivity contribution in [2.45, 2.75) is 38.3 Å². The lowest BCUT2D eigenvalue weighted by Crippen LogP contribution is -2.47. The Bertz CT molecular complexity index is 1240. The van der Waals surface area contributed by atoms with Crippen molar-refractivity contribution >= 4 is 11.6 Å². The lowest BCUT2D eigenvalue weighted by molar-refractivity contribution is -0.123. The van der Waals surface area contributed by atoms with Crippen LogP contribution in [0.15, 0.2) is 54.6 Å². The van der Waals surface area contributed by atoms with E-state index in [2.05, 4.69) is 16.0 Å². The molecule has 2 heterocycles. The minimum Gasteiger partial charge on any atom is -0.508 e. The summed E-state index contributed by atoms with van der Waals surface area (Å²) >= 11 is 0. The molecule has 4 N–H and O–H groups in total. The first-order valence-corrected chi connectivity index (χ1v) is 12.1. The molecular weight excluding hydrogens is 442 g/mol. The van der Waals surface area contributed by atoms with Gasteiger partial charge in [0.2, 0.25) is 5.91 Å². The summed E-state index contributed by atoms with van der Waals surface area (Å²) in [4.78, 5) is 13.4. The summed E-state index contributed by atoms with van der Waals surface area (Å²) in [7, 11) is 1.62. The van der Waals surface area contributed by atoms with E-state index in [-0.39, 0.29) is 23.7 Å². The van der Waals surface area contributed by atoms with Gasteiger partial charge in [0.1, 0.15) is 11.5 Å². The van der Waals surface area contributed by atoms with Crippen LogP contribution in [0.4, 0.5) is 5.69 Å². The van der Waals surface area contributed by atoms with E-state index < -0.39 is 0 Å². The first-order chi connectivity index (χ1) is 17.0. The van der Waals surface area contributed by atoms with E-state index >= 15 is 0 Å². The number of fused-ring (bicyclic) bond motifs is 2. The summed E-state index contributed by atoms with van der Waals surface area (Å²) in [5, 5.41) is 20.1. The van der Waals surface area contributed by atoms with Crippen LogP contribution in [0, 0.1) is 6.92 Å². The topological polar surface area (TPSA) is 91.9 Å². The van der Waals surface area contributed by atoms with Crippen molar-refractivity contribution in [2.75, 3.05) is 25.5 Å². The summed E-state index contributed by atoms with van der Waals surface area (Å²) in [6, 6.07) is 16.6. The average Bonchev–Trinajstić information content (AvgIpc) is 3.08. The number of carbonyl (C=O) groups excluding carboxylic acids is 1. The van der Waals surface area contributed by atoms with Crippen LogP contribution in [-0.4, -0.2) is 37.3 Å². The zero-order valence-electron chi connectivity index (χ0n) is 20.1. The Hall–Kier alpha value is -3.71. The van der Waals surface area contributed by atoms with Gasteiger partial charge in [-0.1, -0.05) is 12.1 Å². The summed E-state index contributed by atoms with van der Waals surface area (Å²) < 4.78 is 11.5. The Labute approximate surface area is 205 Å². The molecule has 0 fully saturated rings. The van der Waals surface area contributed by atoms with Gasteiger partial charge in [-0.25, -0.2) is 0 Å². The number of benzene rings is 3. The van der Waals surface area contributed by atoms with Crippen LogP contribution in [0.25, 0.3) is 0 Å². The van der Waals surface area contributed by atoms with Crippen molar-refractivity contribution < 1.29 is 19.4 Å². The molecule has 3 aromatic rings. The van der Waals surface area contributed by atoms with E-state index in [1.165, 1.54) is 0 Å². The van der Waals surface area contributed by atoms with Gasteiger partial charge in [0.25, 0.3) is 0 Å². The van der Waals surface area contributed by atoms with Crippen LogP contribution < -0.4 is 25.4 Å². The minimum absolute atomic E-state index is 0.0146. The van der Waals surface area contributed by atoms with Crippen LogP contribution in [0.5, 0.6) is 23.0 Å². The highest BCUT2D eigenvalue weighted by atomic mass is 16.5. The van der Waals surface area contributed by atoms with E-state index in [0.717, 1.165) is 47.3 Å². The maximum Gasteiger partial charge on any atom is 0.237 e. The Morgan fingerprint density at radius 1 is 1.09 bits per heavy atom. The highest BCUT2D eigenvalue weighted by Gasteiger charge is 2.28. The fourth-order valence-corrected chi connectivity index (χ4v) is 5.04. The molecule has 0 saturated heterocycles. The molecule has 182 valence electrons. The molecule has 2 unspecified atom stereocenters. The zero-order chi connectivity index (χ0) is 24.4. The maximum atomic E-state index is 13.4. The van der Waals surface area contributed by atoms with Gasteiger partial charge in [-0.05, 0) is 91.9 Å². The number of ether oxygens (including phenoxy) is 2. The number of rotatable bonds is 5. The lowest BCUT2D eigenvalue weighted by Gasteiger charge is -2.29. The molecule has 2 aliphatic rings. The average molecular weight is 474 g/mol. The Morgan fingerprint density at radius 3 is 2.74 bits per heavy atom. The number of methoxy groups -OCH3 is 1.